The molecule has 2 aliphatic rings. The van der Waals surface area contributed by atoms with Crippen LogP contribution in [0, 0.1) is 0 Å². The summed E-state index contributed by atoms with van der Waals surface area (Å²) in [6, 6.07) is 15.2. The quantitative estimate of drug-likeness (QED) is 0.623. The first-order valence-corrected chi connectivity index (χ1v) is 10.6. The number of rotatable bonds is 5. The molecular formula is C24H22N4O5. The number of carbonyl (C=O) groups is 3. The maximum Gasteiger partial charge on any atom is 0.412 e. The van der Waals surface area contributed by atoms with E-state index in [1.54, 1.807) is 7.05 Å². The van der Waals surface area contributed by atoms with E-state index in [9.17, 15) is 19.5 Å². The van der Waals surface area contributed by atoms with Gasteiger partial charge in [-0.15, -0.1) is 0 Å². The number of benzene rings is 2. The molecule has 1 unspecified atom stereocenters. The molecule has 2 amide bonds. The Balaban J connectivity index is 1.29. The molecule has 9 heteroatoms. The van der Waals surface area contributed by atoms with E-state index in [0.717, 1.165) is 22.3 Å². The number of amides is 2. The van der Waals surface area contributed by atoms with E-state index in [-0.39, 0.29) is 23.9 Å². The number of likely N-dealkylation sites (tertiary alicyclic amines) is 1. The molecule has 1 aliphatic heterocycles. The minimum atomic E-state index is -1.05. The van der Waals surface area contributed by atoms with Gasteiger partial charge in [-0.05, 0) is 28.7 Å². The fourth-order valence-electron chi connectivity index (χ4n) is 4.51. The molecule has 0 spiro atoms. The lowest BCUT2D eigenvalue weighted by Crippen LogP contribution is -2.55. The van der Waals surface area contributed by atoms with Gasteiger partial charge >= 0.3 is 12.1 Å². The van der Waals surface area contributed by atoms with E-state index < -0.39 is 24.0 Å². The van der Waals surface area contributed by atoms with Crippen molar-refractivity contribution in [1.29, 1.82) is 0 Å². The summed E-state index contributed by atoms with van der Waals surface area (Å²) in [7, 11) is 1.62. The van der Waals surface area contributed by atoms with Crippen LogP contribution < -0.4 is 5.32 Å². The lowest BCUT2D eigenvalue weighted by Gasteiger charge is -2.37. The number of ether oxygens (including phenoxy) is 1. The van der Waals surface area contributed by atoms with Crippen LogP contribution in [0.25, 0.3) is 11.1 Å². The van der Waals surface area contributed by atoms with Gasteiger partial charge in [0.15, 0.2) is 5.82 Å². The summed E-state index contributed by atoms with van der Waals surface area (Å²) in [5.41, 5.74) is 4.57. The van der Waals surface area contributed by atoms with Crippen LogP contribution in [-0.4, -0.2) is 57.0 Å². The Hall–Kier alpha value is -4.14. The van der Waals surface area contributed by atoms with Gasteiger partial charge in [-0.25, -0.2) is 9.59 Å². The van der Waals surface area contributed by atoms with Crippen molar-refractivity contribution >= 4 is 23.8 Å². The molecule has 2 aromatic carbocycles. The van der Waals surface area contributed by atoms with Crippen LogP contribution in [0.4, 0.5) is 10.6 Å². The first-order valence-electron chi connectivity index (χ1n) is 10.6. The van der Waals surface area contributed by atoms with Gasteiger partial charge in [0.2, 0.25) is 0 Å². The van der Waals surface area contributed by atoms with Crippen molar-refractivity contribution < 1.29 is 24.2 Å². The second kappa shape index (κ2) is 8.09. The van der Waals surface area contributed by atoms with Crippen LogP contribution in [0.1, 0.15) is 33.8 Å². The molecule has 1 fully saturated rings. The number of aliphatic carboxylic acids is 1. The minimum Gasteiger partial charge on any atom is -0.480 e. The average molecular weight is 446 g/mol. The van der Waals surface area contributed by atoms with Crippen LogP contribution in [-0.2, 0) is 16.6 Å². The molecule has 2 heterocycles. The Morgan fingerprint density at radius 2 is 1.73 bits per heavy atom. The molecule has 1 atom stereocenters. The number of carboxylic acids is 1. The van der Waals surface area contributed by atoms with Gasteiger partial charge in [-0.3, -0.25) is 14.8 Å². The number of aromatic nitrogens is 2. The minimum absolute atomic E-state index is 0.0377. The van der Waals surface area contributed by atoms with Gasteiger partial charge in [0.25, 0.3) is 5.91 Å². The summed E-state index contributed by atoms with van der Waals surface area (Å²) in [4.78, 5) is 37.9. The Kier molecular flexibility index (Phi) is 5.08. The molecule has 0 saturated carbocycles. The average Bonchev–Trinajstić information content (AvgIpc) is 3.28. The van der Waals surface area contributed by atoms with E-state index in [2.05, 4.69) is 22.5 Å². The van der Waals surface area contributed by atoms with Crippen molar-refractivity contribution in [2.75, 3.05) is 18.5 Å². The fraction of sp³-hybridized carbons (Fsp3) is 0.250. The molecule has 0 radical (unpaired) electrons. The molecule has 0 bridgehead atoms. The highest BCUT2D eigenvalue weighted by Crippen LogP contribution is 2.44. The number of nitrogens with one attached hydrogen (secondary N) is 1. The number of aryl methyl sites for hydroxylation is 1. The number of anilines is 1. The molecular weight excluding hydrogens is 424 g/mol. The molecule has 5 rings (SSSR count). The van der Waals surface area contributed by atoms with E-state index in [1.165, 1.54) is 15.8 Å². The second-order valence-electron chi connectivity index (χ2n) is 8.16. The van der Waals surface area contributed by atoms with E-state index >= 15 is 0 Å². The van der Waals surface area contributed by atoms with Crippen molar-refractivity contribution in [2.24, 2.45) is 7.05 Å². The second-order valence-corrected chi connectivity index (χ2v) is 8.16. The lowest BCUT2D eigenvalue weighted by molar-refractivity contribution is -0.146. The Morgan fingerprint density at radius 1 is 1.09 bits per heavy atom. The molecule has 2 N–H and O–H groups in total. The van der Waals surface area contributed by atoms with E-state index in [4.69, 9.17) is 4.74 Å². The van der Waals surface area contributed by atoms with Crippen LogP contribution in [0.3, 0.4) is 0 Å². The van der Waals surface area contributed by atoms with Crippen molar-refractivity contribution in [3.8, 4) is 11.1 Å². The maximum atomic E-state index is 12.8. The number of hydrogen-bond acceptors (Lipinski definition) is 5. The Labute approximate surface area is 189 Å². The normalized spacial score (nSPS) is 16.5. The number of fused-ring (bicyclic) bond motifs is 3. The molecule has 33 heavy (non-hydrogen) atoms. The van der Waals surface area contributed by atoms with Crippen molar-refractivity contribution in [3.05, 3.63) is 71.4 Å². The highest BCUT2D eigenvalue weighted by atomic mass is 16.5. The van der Waals surface area contributed by atoms with Crippen molar-refractivity contribution in [2.45, 2.75) is 18.4 Å². The maximum absolute atomic E-state index is 12.8. The number of carboxylic acid groups (broad SMARTS) is 1. The molecule has 1 saturated heterocycles. The number of hydrogen-bond donors (Lipinski definition) is 2. The van der Waals surface area contributed by atoms with Crippen LogP contribution in [0.15, 0.2) is 54.7 Å². The summed E-state index contributed by atoms with van der Waals surface area (Å²) in [5, 5.41) is 15.9. The standard InChI is InChI=1S/C24H22N4O5/c1-27-12-18(22(29)28-11-10-20(28)23(30)31)21(26-27)25-24(32)33-13-19-16-8-4-2-6-14(16)15-7-3-5-9-17(15)19/h2-9,12,19-20H,10-11,13H2,1H3,(H,30,31)(H,25,26,32). The molecule has 3 aromatic rings. The van der Waals surface area contributed by atoms with Gasteiger partial charge in [-0.2, -0.15) is 5.10 Å². The van der Waals surface area contributed by atoms with Gasteiger partial charge in [-0.1, -0.05) is 48.5 Å². The zero-order valence-corrected chi connectivity index (χ0v) is 17.9. The predicted octanol–water partition coefficient (Wildman–Crippen LogP) is 3.08. The van der Waals surface area contributed by atoms with Gasteiger partial charge in [0, 0.05) is 25.7 Å². The van der Waals surface area contributed by atoms with Crippen LogP contribution in [0.2, 0.25) is 0 Å². The predicted molar refractivity (Wildman–Crippen MR) is 119 cm³/mol. The Bertz CT molecular complexity index is 1220. The zero-order chi connectivity index (χ0) is 23.1. The lowest BCUT2D eigenvalue weighted by atomic mass is 9.98. The first kappa shape index (κ1) is 20.7. The third-order valence-corrected chi connectivity index (χ3v) is 6.19. The smallest absolute Gasteiger partial charge is 0.412 e. The first-order chi connectivity index (χ1) is 15.9. The Morgan fingerprint density at radius 3 is 2.30 bits per heavy atom. The molecule has 168 valence electrons. The summed E-state index contributed by atoms with van der Waals surface area (Å²) in [6.07, 6.45) is 1.12. The van der Waals surface area contributed by atoms with Crippen LogP contribution in [0.5, 0.6) is 0 Å². The van der Waals surface area contributed by atoms with Crippen molar-refractivity contribution in [3.63, 3.8) is 0 Å². The summed E-state index contributed by atoms with van der Waals surface area (Å²) >= 11 is 0. The highest BCUT2D eigenvalue weighted by molar-refractivity contribution is 6.03. The third kappa shape index (κ3) is 3.61. The van der Waals surface area contributed by atoms with Crippen LogP contribution >= 0.6 is 0 Å². The third-order valence-electron chi connectivity index (χ3n) is 6.19. The largest absolute Gasteiger partial charge is 0.480 e. The highest BCUT2D eigenvalue weighted by Gasteiger charge is 2.39. The molecule has 9 nitrogen and oxygen atoms in total. The zero-order valence-electron chi connectivity index (χ0n) is 17.9. The number of carbonyl (C=O) groups excluding carboxylic acids is 2. The van der Waals surface area contributed by atoms with E-state index in [1.807, 2.05) is 36.4 Å². The summed E-state index contributed by atoms with van der Waals surface area (Å²) in [6.45, 7) is 0.471. The van der Waals surface area contributed by atoms with Gasteiger partial charge in [0.1, 0.15) is 18.2 Å². The number of nitrogens with zero attached hydrogens (tertiary/aromatic N) is 3. The van der Waals surface area contributed by atoms with E-state index in [0.29, 0.717) is 13.0 Å². The van der Waals surface area contributed by atoms with Crippen molar-refractivity contribution in [1.82, 2.24) is 14.7 Å². The topological polar surface area (TPSA) is 114 Å². The molecule has 1 aliphatic carbocycles. The monoisotopic (exact) mass is 446 g/mol. The van der Waals surface area contributed by atoms with Gasteiger partial charge in [0.05, 0.1) is 0 Å². The summed E-state index contributed by atoms with van der Waals surface area (Å²) in [5.74, 6) is -1.60. The van der Waals surface area contributed by atoms with Gasteiger partial charge < -0.3 is 14.7 Å². The SMILES string of the molecule is Cn1cc(C(=O)N2CCC2C(=O)O)c(NC(=O)OCC2c3ccccc3-c3ccccc32)n1. The summed E-state index contributed by atoms with van der Waals surface area (Å²) < 4.78 is 6.92. The fourth-order valence-corrected chi connectivity index (χ4v) is 4.51. The molecule has 1 aromatic heterocycles.